The number of rotatable bonds is 5. The molecule has 0 aromatic heterocycles. The summed E-state index contributed by atoms with van der Waals surface area (Å²) in [6, 6.07) is 4.80. The van der Waals surface area contributed by atoms with Crippen LogP contribution in [-0.2, 0) is 0 Å². The highest BCUT2D eigenvalue weighted by Gasteiger charge is 2.12. The normalized spacial score (nSPS) is 12.5. The first kappa shape index (κ1) is 12.4. The molecule has 1 rings (SSSR count). The fourth-order valence-electron chi connectivity index (χ4n) is 1.33. The van der Waals surface area contributed by atoms with Crippen LogP contribution in [0.3, 0.4) is 0 Å². The van der Waals surface area contributed by atoms with Crippen molar-refractivity contribution in [1.29, 1.82) is 0 Å². The summed E-state index contributed by atoms with van der Waals surface area (Å²) in [5.41, 5.74) is 6.16. The smallest absolute Gasteiger partial charge is 0.129 e. The molecular formula is C11H14BrFN2. The second kappa shape index (κ2) is 6.00. The Hall–Kier alpha value is -0.710. The maximum absolute atomic E-state index is 13.6. The molecule has 1 atom stereocenters. The Kier molecular flexibility index (Phi) is 4.94. The minimum Gasteiger partial charge on any atom is -0.329 e. The van der Waals surface area contributed by atoms with Crippen molar-refractivity contribution >= 4 is 15.9 Å². The van der Waals surface area contributed by atoms with E-state index < -0.39 is 0 Å². The molecular weight excluding hydrogens is 259 g/mol. The highest BCUT2D eigenvalue weighted by molar-refractivity contribution is 9.10. The minimum absolute atomic E-state index is 0.170. The van der Waals surface area contributed by atoms with E-state index in [9.17, 15) is 4.39 Å². The molecule has 0 spiro atoms. The number of nitrogens with one attached hydrogen (secondary N) is 1. The molecule has 0 amide bonds. The molecule has 4 heteroatoms. The Balaban J connectivity index is 2.86. The van der Waals surface area contributed by atoms with Crippen molar-refractivity contribution < 1.29 is 4.39 Å². The molecule has 0 aliphatic heterocycles. The lowest BCUT2D eigenvalue weighted by molar-refractivity contribution is 0.527. The lowest BCUT2D eigenvalue weighted by atomic mass is 10.1. The Bertz CT molecular complexity index is 341. The number of halogens is 2. The van der Waals surface area contributed by atoms with Gasteiger partial charge in [-0.3, -0.25) is 0 Å². The number of benzene rings is 1. The summed E-state index contributed by atoms with van der Waals surface area (Å²) in [6.45, 7) is 4.55. The molecule has 1 aromatic rings. The van der Waals surface area contributed by atoms with Gasteiger partial charge in [0.25, 0.3) is 0 Å². The Labute approximate surface area is 97.5 Å². The van der Waals surface area contributed by atoms with Gasteiger partial charge in [0, 0.05) is 29.2 Å². The molecule has 0 saturated heterocycles. The number of nitrogens with two attached hydrogens (primary N) is 1. The molecule has 0 saturated carbocycles. The van der Waals surface area contributed by atoms with Crippen molar-refractivity contribution in [3.05, 3.63) is 46.7 Å². The fourth-order valence-corrected chi connectivity index (χ4v) is 1.66. The zero-order valence-electron chi connectivity index (χ0n) is 8.34. The molecule has 1 unspecified atom stereocenters. The number of hydrogen-bond donors (Lipinski definition) is 2. The van der Waals surface area contributed by atoms with E-state index in [1.807, 2.05) is 0 Å². The largest absolute Gasteiger partial charge is 0.329 e. The third kappa shape index (κ3) is 3.41. The van der Waals surface area contributed by atoms with Gasteiger partial charge in [-0.25, -0.2) is 4.39 Å². The first-order valence-corrected chi connectivity index (χ1v) is 5.47. The molecule has 0 heterocycles. The van der Waals surface area contributed by atoms with Crippen LogP contribution in [0.15, 0.2) is 35.3 Å². The van der Waals surface area contributed by atoms with Crippen LogP contribution in [0.25, 0.3) is 0 Å². The van der Waals surface area contributed by atoms with Gasteiger partial charge >= 0.3 is 0 Å². The Morgan fingerprint density at radius 3 is 2.87 bits per heavy atom. The van der Waals surface area contributed by atoms with Gasteiger partial charge in [-0.15, -0.1) is 6.58 Å². The van der Waals surface area contributed by atoms with Gasteiger partial charge in [-0.05, 0) is 12.1 Å². The molecule has 1 aromatic carbocycles. The third-order valence-electron chi connectivity index (χ3n) is 2.08. The van der Waals surface area contributed by atoms with Crippen LogP contribution in [0.1, 0.15) is 11.6 Å². The SMILES string of the molecule is C=CCNC(CN)c1ccc(Br)cc1F. The molecule has 3 N–H and O–H groups in total. The summed E-state index contributed by atoms with van der Waals surface area (Å²) >= 11 is 3.21. The van der Waals surface area contributed by atoms with Crippen LogP contribution in [0.4, 0.5) is 4.39 Å². The molecule has 0 radical (unpaired) electrons. The van der Waals surface area contributed by atoms with Crippen LogP contribution in [-0.4, -0.2) is 13.1 Å². The molecule has 0 fully saturated rings. The van der Waals surface area contributed by atoms with Crippen molar-refractivity contribution in [3.63, 3.8) is 0 Å². The molecule has 0 aliphatic carbocycles. The minimum atomic E-state index is -0.253. The molecule has 2 nitrogen and oxygen atoms in total. The van der Waals surface area contributed by atoms with Crippen LogP contribution in [0.5, 0.6) is 0 Å². The Morgan fingerprint density at radius 2 is 2.33 bits per heavy atom. The lowest BCUT2D eigenvalue weighted by Gasteiger charge is -2.16. The van der Waals surface area contributed by atoms with Gasteiger partial charge in [0.15, 0.2) is 0 Å². The van der Waals surface area contributed by atoms with Crippen molar-refractivity contribution in [3.8, 4) is 0 Å². The van der Waals surface area contributed by atoms with Crippen molar-refractivity contribution in [1.82, 2.24) is 5.32 Å². The predicted molar refractivity (Wildman–Crippen MR) is 64.1 cm³/mol. The first-order chi connectivity index (χ1) is 7.19. The van der Waals surface area contributed by atoms with Crippen molar-refractivity contribution in [2.45, 2.75) is 6.04 Å². The highest BCUT2D eigenvalue weighted by atomic mass is 79.9. The standard InChI is InChI=1S/C11H14BrFN2/c1-2-5-15-11(7-14)9-4-3-8(12)6-10(9)13/h2-4,6,11,15H,1,5,7,14H2. The van der Waals surface area contributed by atoms with Gasteiger partial charge in [0.1, 0.15) is 5.82 Å². The average molecular weight is 273 g/mol. The maximum Gasteiger partial charge on any atom is 0.129 e. The second-order valence-corrected chi connectivity index (χ2v) is 4.07. The summed E-state index contributed by atoms with van der Waals surface area (Å²) < 4.78 is 14.3. The van der Waals surface area contributed by atoms with E-state index in [0.717, 1.165) is 4.47 Å². The summed E-state index contributed by atoms with van der Waals surface area (Å²) in [4.78, 5) is 0. The molecule has 15 heavy (non-hydrogen) atoms. The number of hydrogen-bond acceptors (Lipinski definition) is 2. The van der Waals surface area contributed by atoms with Gasteiger partial charge < -0.3 is 11.1 Å². The van der Waals surface area contributed by atoms with E-state index in [4.69, 9.17) is 5.73 Å². The van der Waals surface area contributed by atoms with Crippen LogP contribution >= 0.6 is 15.9 Å². The molecule has 0 aliphatic rings. The maximum atomic E-state index is 13.6. The summed E-state index contributed by atoms with van der Waals surface area (Å²) in [6.07, 6.45) is 1.72. The highest BCUT2D eigenvalue weighted by Crippen LogP contribution is 2.20. The van der Waals surface area contributed by atoms with Gasteiger partial charge in [0.2, 0.25) is 0 Å². The average Bonchev–Trinajstić information content (AvgIpc) is 2.21. The van der Waals surface area contributed by atoms with E-state index in [0.29, 0.717) is 18.7 Å². The zero-order valence-corrected chi connectivity index (χ0v) is 9.93. The zero-order chi connectivity index (χ0) is 11.3. The van der Waals surface area contributed by atoms with Gasteiger partial charge in [-0.1, -0.05) is 28.1 Å². The predicted octanol–water partition coefficient (Wildman–Crippen LogP) is 2.36. The van der Waals surface area contributed by atoms with Crippen molar-refractivity contribution in [2.75, 3.05) is 13.1 Å². The van der Waals surface area contributed by atoms with Gasteiger partial charge in [-0.2, -0.15) is 0 Å². The monoisotopic (exact) mass is 272 g/mol. The summed E-state index contributed by atoms with van der Waals surface area (Å²) in [5, 5.41) is 3.10. The Morgan fingerprint density at radius 1 is 1.60 bits per heavy atom. The lowest BCUT2D eigenvalue weighted by Crippen LogP contribution is -2.29. The van der Waals surface area contributed by atoms with E-state index in [-0.39, 0.29) is 11.9 Å². The first-order valence-electron chi connectivity index (χ1n) is 4.68. The topological polar surface area (TPSA) is 38.0 Å². The van der Waals surface area contributed by atoms with E-state index in [2.05, 4.69) is 27.8 Å². The van der Waals surface area contributed by atoms with E-state index in [1.54, 1.807) is 18.2 Å². The van der Waals surface area contributed by atoms with Crippen LogP contribution < -0.4 is 11.1 Å². The van der Waals surface area contributed by atoms with E-state index >= 15 is 0 Å². The van der Waals surface area contributed by atoms with Crippen molar-refractivity contribution in [2.24, 2.45) is 5.73 Å². The summed E-state index contributed by atoms with van der Waals surface area (Å²) in [5.74, 6) is -0.253. The second-order valence-electron chi connectivity index (χ2n) is 3.15. The van der Waals surface area contributed by atoms with Crippen LogP contribution in [0.2, 0.25) is 0 Å². The van der Waals surface area contributed by atoms with E-state index in [1.165, 1.54) is 6.07 Å². The molecule has 82 valence electrons. The van der Waals surface area contributed by atoms with Crippen LogP contribution in [0, 0.1) is 5.82 Å². The quantitative estimate of drug-likeness (QED) is 0.808. The molecule has 0 bridgehead atoms. The fraction of sp³-hybridized carbons (Fsp3) is 0.273. The third-order valence-corrected chi connectivity index (χ3v) is 2.58. The van der Waals surface area contributed by atoms with Gasteiger partial charge in [0.05, 0.1) is 0 Å². The summed E-state index contributed by atoms with van der Waals surface area (Å²) in [7, 11) is 0.